The van der Waals surface area contributed by atoms with Gasteiger partial charge in [-0.25, -0.2) is 0 Å². The first-order chi connectivity index (χ1) is 8.26. The summed E-state index contributed by atoms with van der Waals surface area (Å²) >= 11 is 1.98. The van der Waals surface area contributed by atoms with E-state index in [2.05, 4.69) is 16.5 Å². The van der Waals surface area contributed by atoms with E-state index in [4.69, 9.17) is 0 Å². The number of piperidine rings is 1. The van der Waals surface area contributed by atoms with Gasteiger partial charge in [0.1, 0.15) is 0 Å². The number of likely N-dealkylation sites (tertiary alicyclic amines) is 1. The molecule has 0 aromatic heterocycles. The van der Waals surface area contributed by atoms with Crippen molar-refractivity contribution in [3.05, 3.63) is 0 Å². The Morgan fingerprint density at radius 2 is 1.94 bits per heavy atom. The highest BCUT2D eigenvalue weighted by molar-refractivity contribution is 7.99. The molecule has 4 heteroatoms. The summed E-state index contributed by atoms with van der Waals surface area (Å²) in [7, 11) is 1.90. The third kappa shape index (κ3) is 2.97. The van der Waals surface area contributed by atoms with Gasteiger partial charge in [0.05, 0.1) is 6.04 Å². The Morgan fingerprint density at radius 3 is 2.53 bits per heavy atom. The van der Waals surface area contributed by atoms with Gasteiger partial charge in [-0.1, -0.05) is 0 Å². The zero-order chi connectivity index (χ0) is 12.3. The van der Waals surface area contributed by atoms with Gasteiger partial charge in [-0.15, -0.1) is 0 Å². The summed E-state index contributed by atoms with van der Waals surface area (Å²) in [5.41, 5.74) is 0. The molecule has 0 radical (unpaired) electrons. The number of nitrogens with zero attached hydrogens (tertiary/aromatic N) is 1. The molecule has 0 aromatic carbocycles. The Labute approximate surface area is 109 Å². The first kappa shape index (κ1) is 13.2. The predicted molar refractivity (Wildman–Crippen MR) is 73.4 cm³/mol. The minimum absolute atomic E-state index is 0.0713. The molecule has 3 nitrogen and oxygen atoms in total. The lowest BCUT2D eigenvalue weighted by atomic mass is 9.91. The van der Waals surface area contributed by atoms with E-state index < -0.39 is 0 Å². The summed E-state index contributed by atoms with van der Waals surface area (Å²) in [6, 6.07) is 0.587. The van der Waals surface area contributed by atoms with Crippen molar-refractivity contribution in [1.82, 2.24) is 10.2 Å². The van der Waals surface area contributed by atoms with Crippen LogP contribution in [0.1, 0.15) is 38.5 Å². The molecule has 17 heavy (non-hydrogen) atoms. The van der Waals surface area contributed by atoms with E-state index in [0.29, 0.717) is 11.9 Å². The van der Waals surface area contributed by atoms with Crippen LogP contribution in [0.5, 0.6) is 0 Å². The van der Waals surface area contributed by atoms with Crippen LogP contribution in [0.15, 0.2) is 0 Å². The summed E-state index contributed by atoms with van der Waals surface area (Å²) in [6.45, 7) is 0.978. The highest BCUT2D eigenvalue weighted by Crippen LogP contribution is 2.31. The molecule has 1 atom stereocenters. The lowest BCUT2D eigenvalue weighted by Gasteiger charge is -2.41. The van der Waals surface area contributed by atoms with E-state index in [0.717, 1.165) is 24.6 Å². The van der Waals surface area contributed by atoms with Gasteiger partial charge in [0.15, 0.2) is 0 Å². The molecule has 2 aliphatic rings. The second-order valence-electron chi connectivity index (χ2n) is 5.18. The van der Waals surface area contributed by atoms with E-state index in [1.54, 1.807) is 0 Å². The molecule has 1 saturated carbocycles. The van der Waals surface area contributed by atoms with Gasteiger partial charge in [-0.2, -0.15) is 11.8 Å². The largest absolute Gasteiger partial charge is 0.338 e. The summed E-state index contributed by atoms with van der Waals surface area (Å²) in [6.07, 6.45) is 9.32. The number of carbonyl (C=O) groups is 1. The first-order valence-electron chi connectivity index (χ1n) is 6.76. The highest BCUT2D eigenvalue weighted by Gasteiger charge is 2.34. The van der Waals surface area contributed by atoms with E-state index in [9.17, 15) is 4.79 Å². The number of carbonyl (C=O) groups excluding carboxylic acids is 1. The molecule has 0 spiro atoms. The maximum Gasteiger partial charge on any atom is 0.239 e. The molecular formula is C13H24N2OS. The number of nitrogens with one attached hydrogen (secondary N) is 1. The van der Waals surface area contributed by atoms with Crippen molar-refractivity contribution < 1.29 is 4.79 Å². The average Bonchev–Trinajstić information content (AvgIpc) is 2.39. The van der Waals surface area contributed by atoms with Crippen LogP contribution in [0.25, 0.3) is 0 Å². The Kier molecular flexibility index (Phi) is 4.74. The van der Waals surface area contributed by atoms with Crippen LogP contribution in [-0.2, 0) is 4.79 Å². The summed E-state index contributed by atoms with van der Waals surface area (Å²) < 4.78 is 0. The Balaban J connectivity index is 1.91. The molecule has 0 aromatic rings. The average molecular weight is 256 g/mol. The van der Waals surface area contributed by atoms with Gasteiger partial charge in [0, 0.05) is 17.8 Å². The summed E-state index contributed by atoms with van der Waals surface area (Å²) in [5.74, 6) is 0.339. The fourth-order valence-electron chi connectivity index (χ4n) is 3.12. The molecule has 2 rings (SSSR count). The molecule has 98 valence electrons. The van der Waals surface area contributed by atoms with E-state index >= 15 is 0 Å². The topological polar surface area (TPSA) is 32.3 Å². The molecule has 1 saturated heterocycles. The third-order valence-corrected chi connectivity index (χ3v) is 5.38. The van der Waals surface area contributed by atoms with Crippen LogP contribution in [0.2, 0.25) is 0 Å². The van der Waals surface area contributed by atoms with Crippen molar-refractivity contribution in [2.45, 2.75) is 55.9 Å². The molecular weight excluding hydrogens is 232 g/mol. The van der Waals surface area contributed by atoms with Crippen molar-refractivity contribution in [3.8, 4) is 0 Å². The van der Waals surface area contributed by atoms with E-state index in [1.807, 2.05) is 18.8 Å². The van der Waals surface area contributed by atoms with Crippen LogP contribution < -0.4 is 5.32 Å². The van der Waals surface area contributed by atoms with Crippen LogP contribution in [0.3, 0.4) is 0 Å². The number of hydrogen-bond acceptors (Lipinski definition) is 3. The van der Waals surface area contributed by atoms with Crippen molar-refractivity contribution in [1.29, 1.82) is 0 Å². The summed E-state index contributed by atoms with van der Waals surface area (Å²) in [5, 5.41) is 3.97. The van der Waals surface area contributed by atoms with Crippen molar-refractivity contribution in [2.24, 2.45) is 0 Å². The van der Waals surface area contributed by atoms with E-state index in [-0.39, 0.29) is 6.04 Å². The Morgan fingerprint density at radius 1 is 1.24 bits per heavy atom. The molecule has 1 heterocycles. The van der Waals surface area contributed by atoms with Crippen molar-refractivity contribution in [3.63, 3.8) is 0 Å². The minimum atomic E-state index is 0.0713. The second kappa shape index (κ2) is 6.10. The smallest absolute Gasteiger partial charge is 0.239 e. The van der Waals surface area contributed by atoms with E-state index in [1.165, 1.54) is 25.7 Å². The van der Waals surface area contributed by atoms with Gasteiger partial charge in [-0.05, 0) is 51.8 Å². The fourth-order valence-corrected chi connectivity index (χ4v) is 3.87. The van der Waals surface area contributed by atoms with Gasteiger partial charge >= 0.3 is 0 Å². The van der Waals surface area contributed by atoms with Crippen molar-refractivity contribution >= 4 is 17.7 Å². The number of hydrogen-bond donors (Lipinski definition) is 1. The Hall–Kier alpha value is -0.220. The zero-order valence-electron chi connectivity index (χ0n) is 10.9. The summed E-state index contributed by atoms with van der Waals surface area (Å²) in [4.78, 5) is 14.4. The van der Waals surface area contributed by atoms with Gasteiger partial charge in [0.2, 0.25) is 5.91 Å². The SMILES string of the molecule is CNC1CCCN(C2CCC(SC)CC2)C1=O. The standard InChI is InChI=1S/C13H24N2OS/c1-14-12-4-3-9-15(13(12)16)10-5-7-11(17-2)8-6-10/h10-12,14H,3-9H2,1-2H3. The lowest BCUT2D eigenvalue weighted by molar-refractivity contribution is -0.139. The maximum atomic E-state index is 12.3. The van der Waals surface area contributed by atoms with Gasteiger partial charge < -0.3 is 10.2 Å². The normalized spacial score (nSPS) is 35.1. The first-order valence-corrected chi connectivity index (χ1v) is 8.05. The molecule has 1 aliphatic heterocycles. The minimum Gasteiger partial charge on any atom is -0.338 e. The lowest BCUT2D eigenvalue weighted by Crippen LogP contribution is -2.54. The van der Waals surface area contributed by atoms with Crippen molar-refractivity contribution in [2.75, 3.05) is 19.8 Å². The maximum absolute atomic E-state index is 12.3. The highest BCUT2D eigenvalue weighted by atomic mass is 32.2. The zero-order valence-corrected chi connectivity index (χ0v) is 11.8. The molecule has 1 N–H and O–H groups in total. The third-order valence-electron chi connectivity index (χ3n) is 4.24. The van der Waals surface area contributed by atoms with Crippen LogP contribution >= 0.6 is 11.8 Å². The Bertz CT molecular complexity index is 264. The van der Waals surface area contributed by atoms with Gasteiger partial charge in [0.25, 0.3) is 0 Å². The monoisotopic (exact) mass is 256 g/mol. The molecule has 1 amide bonds. The fraction of sp³-hybridized carbons (Fsp3) is 0.923. The number of amides is 1. The molecule has 1 unspecified atom stereocenters. The van der Waals surface area contributed by atoms with Crippen LogP contribution in [0.4, 0.5) is 0 Å². The predicted octanol–water partition coefficient (Wildman–Crippen LogP) is 1.87. The van der Waals surface area contributed by atoms with Crippen LogP contribution in [-0.4, -0.2) is 48.0 Å². The molecule has 2 fully saturated rings. The number of thioether (sulfide) groups is 1. The molecule has 1 aliphatic carbocycles. The number of likely N-dealkylation sites (N-methyl/N-ethyl adjacent to an activating group) is 1. The quantitative estimate of drug-likeness (QED) is 0.836. The van der Waals surface area contributed by atoms with Gasteiger partial charge in [-0.3, -0.25) is 4.79 Å². The molecule has 0 bridgehead atoms. The second-order valence-corrected chi connectivity index (χ2v) is 6.32. The number of rotatable bonds is 3. The van der Waals surface area contributed by atoms with Crippen LogP contribution in [0, 0.1) is 0 Å².